The van der Waals surface area contributed by atoms with Gasteiger partial charge in [0.1, 0.15) is 17.5 Å². The summed E-state index contributed by atoms with van der Waals surface area (Å²) in [6.07, 6.45) is 7.74. The minimum Gasteiger partial charge on any atom is -0.495 e. The van der Waals surface area contributed by atoms with E-state index in [0.717, 1.165) is 81.0 Å². The van der Waals surface area contributed by atoms with Crippen LogP contribution in [-0.4, -0.2) is 134 Å². The summed E-state index contributed by atoms with van der Waals surface area (Å²) >= 11 is 0. The van der Waals surface area contributed by atoms with Crippen LogP contribution >= 0.6 is 0 Å². The van der Waals surface area contributed by atoms with Gasteiger partial charge in [0, 0.05) is 95.1 Å². The summed E-state index contributed by atoms with van der Waals surface area (Å²) in [5.74, 6) is -4.36. The van der Waals surface area contributed by atoms with E-state index in [4.69, 9.17) is 4.74 Å². The molecule has 1 aliphatic carbocycles. The van der Waals surface area contributed by atoms with Crippen molar-refractivity contribution >= 4 is 63.9 Å². The SMILES string of the molecule is COc1cc(C(=O)CC2CCN(C(=O)CCN3CCN(c4cccc(NC5CCC(=O)NC5=O)c4)CC3)CC2)ccc1Nc1ncc2c(n1)N(C1CCCC1)CC(F)(F)C(=O)N2C. The number of piperidine rings is 2. The lowest BCUT2D eigenvalue weighted by molar-refractivity contribution is -0.140. The van der Waals surface area contributed by atoms with Crippen LogP contribution in [0.4, 0.5) is 43.3 Å². The van der Waals surface area contributed by atoms with Gasteiger partial charge in [0.15, 0.2) is 11.6 Å². The Bertz CT molecular complexity index is 2210. The highest BCUT2D eigenvalue weighted by atomic mass is 19.3. The highest BCUT2D eigenvalue weighted by molar-refractivity contribution is 6.02. The number of carbonyl (C=O) groups is 5. The number of methoxy groups -OCH3 is 1. The number of ketones is 1. The van der Waals surface area contributed by atoms with E-state index in [0.29, 0.717) is 62.3 Å². The molecule has 4 fully saturated rings. The number of alkyl halides is 2. The summed E-state index contributed by atoms with van der Waals surface area (Å²) in [5, 5.41) is 8.78. The van der Waals surface area contributed by atoms with Gasteiger partial charge >= 0.3 is 5.92 Å². The quantitative estimate of drug-likeness (QED) is 0.158. The lowest BCUT2D eigenvalue weighted by Gasteiger charge is -2.37. The van der Waals surface area contributed by atoms with Gasteiger partial charge in [0.05, 0.1) is 25.5 Å². The lowest BCUT2D eigenvalue weighted by atomic mass is 9.89. The van der Waals surface area contributed by atoms with Crippen molar-refractivity contribution in [2.24, 2.45) is 5.92 Å². The highest BCUT2D eigenvalue weighted by Gasteiger charge is 2.49. The van der Waals surface area contributed by atoms with Crippen LogP contribution in [0, 0.1) is 5.92 Å². The van der Waals surface area contributed by atoms with Crippen LogP contribution in [0.3, 0.4) is 0 Å². The normalized spacial score (nSPS) is 21.2. The van der Waals surface area contributed by atoms with E-state index in [1.54, 1.807) is 23.1 Å². The number of aromatic nitrogens is 2. The standard InChI is InChI=1S/C45H56F2N10O6/c1-53-36-27-48-44(52-41(36)57(32-7-3-4-8-32)28-45(46,47)43(53)62)50-34-11-10-30(25-38(34)63-2)37(58)24-29-14-18-56(19-15-29)40(60)16-17-54-20-22-55(23-21-54)33-9-5-6-31(26-33)49-35-12-13-39(59)51-42(35)61/h5-6,9-11,25-27,29,32,35,49H,3-4,7-8,12-24,28H2,1-2H3,(H,48,50,52)(H,51,59,61). The fourth-order valence-corrected chi connectivity index (χ4v) is 9.43. The molecule has 3 saturated heterocycles. The lowest BCUT2D eigenvalue weighted by Crippen LogP contribution is -2.48. The van der Waals surface area contributed by atoms with E-state index < -0.39 is 24.4 Å². The Morgan fingerprint density at radius 3 is 2.44 bits per heavy atom. The molecule has 3 aromatic rings. The van der Waals surface area contributed by atoms with E-state index in [-0.39, 0.29) is 52.9 Å². The molecule has 0 radical (unpaired) electrons. The third-order valence-electron chi connectivity index (χ3n) is 13.2. The number of rotatable bonds is 13. The fourth-order valence-electron chi connectivity index (χ4n) is 9.43. The summed E-state index contributed by atoms with van der Waals surface area (Å²) in [6.45, 7) is 4.44. The summed E-state index contributed by atoms with van der Waals surface area (Å²) in [7, 11) is 2.81. The van der Waals surface area contributed by atoms with Crippen LogP contribution in [0.15, 0.2) is 48.7 Å². The van der Waals surface area contributed by atoms with Crippen molar-refractivity contribution in [2.45, 2.75) is 82.2 Å². The van der Waals surface area contributed by atoms with E-state index in [9.17, 15) is 24.0 Å². The molecule has 4 amide bonds. The number of nitrogens with one attached hydrogen (secondary N) is 3. The van der Waals surface area contributed by atoms with Crippen molar-refractivity contribution in [1.29, 1.82) is 0 Å². The van der Waals surface area contributed by atoms with Crippen molar-refractivity contribution in [2.75, 3.05) is 91.8 Å². The second-order valence-electron chi connectivity index (χ2n) is 17.3. The first kappa shape index (κ1) is 43.7. The average molecular weight is 871 g/mol. The first-order valence-corrected chi connectivity index (χ1v) is 22.1. The maximum Gasteiger partial charge on any atom is 0.342 e. The van der Waals surface area contributed by atoms with Crippen LogP contribution in [0.5, 0.6) is 5.75 Å². The summed E-state index contributed by atoms with van der Waals surface area (Å²) in [4.78, 5) is 81.2. The van der Waals surface area contributed by atoms with Gasteiger partial charge in [-0.1, -0.05) is 18.9 Å². The number of nitrogens with zero attached hydrogens (tertiary/aromatic N) is 7. The zero-order valence-corrected chi connectivity index (χ0v) is 35.9. The molecule has 5 aliphatic rings. The fraction of sp³-hybridized carbons (Fsp3) is 0.533. The molecule has 0 bridgehead atoms. The number of ether oxygens (including phenoxy) is 1. The second-order valence-corrected chi connectivity index (χ2v) is 17.3. The van der Waals surface area contributed by atoms with Crippen molar-refractivity contribution in [3.8, 4) is 5.75 Å². The maximum atomic E-state index is 15.0. The number of imide groups is 1. The molecule has 2 aromatic carbocycles. The second kappa shape index (κ2) is 18.8. The average Bonchev–Trinajstić information content (AvgIpc) is 3.82. The van der Waals surface area contributed by atoms with Gasteiger partial charge in [-0.2, -0.15) is 13.8 Å². The molecule has 18 heteroatoms. The number of anilines is 6. The Labute approximate surface area is 365 Å². The van der Waals surface area contributed by atoms with Crippen molar-refractivity contribution in [3.05, 3.63) is 54.2 Å². The molecular weight excluding hydrogens is 815 g/mol. The Morgan fingerprint density at radius 2 is 1.71 bits per heavy atom. The van der Waals surface area contributed by atoms with Gasteiger partial charge in [0.2, 0.25) is 23.7 Å². The number of carbonyl (C=O) groups excluding carboxylic acids is 5. The highest BCUT2D eigenvalue weighted by Crippen LogP contribution is 2.40. The van der Waals surface area contributed by atoms with Gasteiger partial charge in [-0.3, -0.25) is 34.2 Å². The van der Waals surface area contributed by atoms with E-state index >= 15 is 8.78 Å². The Kier molecular flexibility index (Phi) is 13.1. The summed E-state index contributed by atoms with van der Waals surface area (Å²) in [6, 6.07) is 12.5. The van der Waals surface area contributed by atoms with Gasteiger partial charge in [-0.25, -0.2) is 4.98 Å². The Balaban J connectivity index is 0.791. The summed E-state index contributed by atoms with van der Waals surface area (Å²) in [5.41, 5.74) is 3.09. The molecule has 5 heterocycles. The molecule has 1 unspecified atom stereocenters. The molecule has 0 spiro atoms. The van der Waals surface area contributed by atoms with Gasteiger partial charge in [-0.15, -0.1) is 0 Å². The van der Waals surface area contributed by atoms with Crippen LogP contribution in [0.1, 0.15) is 74.6 Å². The molecule has 336 valence electrons. The molecule has 1 aromatic heterocycles. The van der Waals surface area contributed by atoms with Crippen molar-refractivity contribution in [3.63, 3.8) is 0 Å². The number of benzene rings is 2. The number of halogens is 2. The number of amides is 4. The van der Waals surface area contributed by atoms with Crippen LogP contribution in [-0.2, 0) is 19.2 Å². The third-order valence-corrected chi connectivity index (χ3v) is 13.2. The van der Waals surface area contributed by atoms with Gasteiger partial charge in [0.25, 0.3) is 5.91 Å². The number of Topliss-reactive ketones (excluding diaryl/α,β-unsaturated/α-hetero) is 1. The smallest absolute Gasteiger partial charge is 0.342 e. The Hall–Kier alpha value is -5.91. The number of piperazine rings is 1. The Morgan fingerprint density at radius 1 is 0.952 bits per heavy atom. The number of hydrogen-bond donors (Lipinski definition) is 3. The van der Waals surface area contributed by atoms with Crippen molar-refractivity contribution < 1.29 is 37.5 Å². The van der Waals surface area contributed by atoms with Gasteiger partial charge in [-0.05, 0) is 74.4 Å². The van der Waals surface area contributed by atoms with E-state index in [1.807, 2.05) is 23.1 Å². The number of fused-ring (bicyclic) bond motifs is 1. The van der Waals surface area contributed by atoms with Crippen molar-refractivity contribution in [1.82, 2.24) is 25.1 Å². The van der Waals surface area contributed by atoms with Crippen LogP contribution in [0.25, 0.3) is 0 Å². The predicted octanol–water partition coefficient (Wildman–Crippen LogP) is 4.83. The maximum absolute atomic E-state index is 15.0. The zero-order chi connectivity index (χ0) is 44.3. The monoisotopic (exact) mass is 870 g/mol. The van der Waals surface area contributed by atoms with E-state index in [2.05, 4.69) is 41.8 Å². The molecule has 8 rings (SSSR count). The minimum atomic E-state index is -3.58. The molecule has 4 aliphatic heterocycles. The first-order chi connectivity index (χ1) is 30.3. The predicted molar refractivity (Wildman–Crippen MR) is 234 cm³/mol. The molecule has 3 N–H and O–H groups in total. The third kappa shape index (κ3) is 10.0. The minimum absolute atomic E-state index is 0.0248. The van der Waals surface area contributed by atoms with Crippen LogP contribution in [0.2, 0.25) is 0 Å². The molecular formula is C45H56F2N10O6. The summed E-state index contributed by atoms with van der Waals surface area (Å²) < 4.78 is 35.7. The van der Waals surface area contributed by atoms with Crippen LogP contribution < -0.4 is 35.4 Å². The molecule has 1 saturated carbocycles. The largest absolute Gasteiger partial charge is 0.495 e. The number of likely N-dealkylation sites (tertiary alicyclic amines) is 1. The van der Waals surface area contributed by atoms with Gasteiger partial charge < -0.3 is 35.0 Å². The zero-order valence-electron chi connectivity index (χ0n) is 35.9. The van der Waals surface area contributed by atoms with E-state index in [1.165, 1.54) is 20.4 Å². The number of hydrogen-bond acceptors (Lipinski definition) is 13. The molecule has 16 nitrogen and oxygen atoms in total. The first-order valence-electron chi connectivity index (χ1n) is 22.1. The molecule has 1 atom stereocenters. The molecule has 63 heavy (non-hydrogen) atoms. The topological polar surface area (TPSA) is 173 Å².